The molecule has 0 unspecified atom stereocenters. The highest BCUT2D eigenvalue weighted by atomic mass is 35.5. The number of rotatable bonds is 6. The van der Waals surface area contributed by atoms with E-state index in [1.54, 1.807) is 24.3 Å². The average molecular weight is 374 g/mol. The lowest BCUT2D eigenvalue weighted by Crippen LogP contribution is -2.29. The fourth-order valence-corrected chi connectivity index (χ4v) is 2.16. The Hall–Kier alpha value is -2.41. The molecule has 2 aromatic rings. The number of nitrogens with one attached hydrogen (secondary N) is 1. The molecular weight excluding hydrogens is 359 g/mol. The lowest BCUT2D eigenvalue weighted by Gasteiger charge is -2.14. The molecule has 0 aliphatic heterocycles. The second-order valence-corrected chi connectivity index (χ2v) is 5.56. The van der Waals surface area contributed by atoms with E-state index in [-0.39, 0.29) is 24.5 Å². The fourth-order valence-electron chi connectivity index (χ4n) is 1.98. The largest absolute Gasteiger partial charge is 0.573 e. The van der Waals surface area contributed by atoms with Crippen LogP contribution in [0, 0.1) is 6.92 Å². The number of hydrogen-bond donors (Lipinski definition) is 1. The summed E-state index contributed by atoms with van der Waals surface area (Å²) >= 11 is 5.96. The van der Waals surface area contributed by atoms with Crippen LogP contribution in [-0.2, 0) is 11.3 Å². The van der Waals surface area contributed by atoms with Gasteiger partial charge in [-0.25, -0.2) is 0 Å². The number of carbonyl (C=O) groups is 1. The zero-order valence-electron chi connectivity index (χ0n) is 13.2. The maximum atomic E-state index is 12.4. The number of hydrogen-bond acceptors (Lipinski definition) is 3. The molecule has 0 bridgehead atoms. The van der Waals surface area contributed by atoms with Crippen molar-refractivity contribution in [1.29, 1.82) is 0 Å². The van der Waals surface area contributed by atoms with Crippen molar-refractivity contribution in [3.05, 3.63) is 58.6 Å². The molecule has 0 aromatic heterocycles. The molecule has 2 aromatic carbocycles. The van der Waals surface area contributed by atoms with E-state index in [0.717, 1.165) is 5.56 Å². The number of halogens is 4. The van der Waals surface area contributed by atoms with Crippen molar-refractivity contribution in [3.8, 4) is 11.5 Å². The SMILES string of the molecule is Cc1ccc(Cl)c(OCC(=O)NCc2ccccc2OC(F)(F)F)c1. The first-order valence-corrected chi connectivity index (χ1v) is 7.62. The van der Waals surface area contributed by atoms with Crippen molar-refractivity contribution in [3.63, 3.8) is 0 Å². The predicted octanol–water partition coefficient (Wildman–Crippen LogP) is 4.24. The number of carbonyl (C=O) groups excluding carboxylic acids is 1. The van der Waals surface area contributed by atoms with Gasteiger partial charge in [0.1, 0.15) is 11.5 Å². The Morgan fingerprint density at radius 1 is 1.16 bits per heavy atom. The Morgan fingerprint density at radius 2 is 1.88 bits per heavy atom. The number of benzene rings is 2. The van der Waals surface area contributed by atoms with E-state index in [4.69, 9.17) is 16.3 Å². The number of ether oxygens (including phenoxy) is 2. The van der Waals surface area contributed by atoms with Crippen LogP contribution < -0.4 is 14.8 Å². The number of para-hydroxylation sites is 1. The summed E-state index contributed by atoms with van der Waals surface area (Å²) in [5.41, 5.74) is 1.11. The summed E-state index contributed by atoms with van der Waals surface area (Å²) in [7, 11) is 0. The van der Waals surface area contributed by atoms with Crippen LogP contribution in [0.2, 0.25) is 5.02 Å². The molecule has 4 nitrogen and oxygen atoms in total. The van der Waals surface area contributed by atoms with Gasteiger partial charge in [-0.2, -0.15) is 0 Å². The van der Waals surface area contributed by atoms with Crippen LogP contribution in [0.4, 0.5) is 13.2 Å². The Kier molecular flexibility index (Phi) is 6.14. The molecular formula is C17H15ClF3NO3. The molecule has 0 radical (unpaired) electrons. The number of aryl methyl sites for hydroxylation is 1. The third kappa shape index (κ3) is 6.19. The van der Waals surface area contributed by atoms with Gasteiger partial charge in [0.25, 0.3) is 5.91 Å². The molecule has 0 heterocycles. The van der Waals surface area contributed by atoms with Crippen LogP contribution in [0.1, 0.15) is 11.1 Å². The summed E-state index contributed by atoms with van der Waals surface area (Å²) in [6.07, 6.45) is -4.80. The van der Waals surface area contributed by atoms with Crippen molar-refractivity contribution in [2.45, 2.75) is 19.8 Å². The van der Waals surface area contributed by atoms with Gasteiger partial charge < -0.3 is 14.8 Å². The summed E-state index contributed by atoms with van der Waals surface area (Å²) in [5, 5.41) is 2.84. The van der Waals surface area contributed by atoms with E-state index in [0.29, 0.717) is 10.8 Å². The van der Waals surface area contributed by atoms with E-state index in [1.165, 1.54) is 18.2 Å². The minimum Gasteiger partial charge on any atom is -0.482 e. The van der Waals surface area contributed by atoms with Crippen molar-refractivity contribution in [2.75, 3.05) is 6.61 Å². The van der Waals surface area contributed by atoms with E-state index in [9.17, 15) is 18.0 Å². The highest BCUT2D eigenvalue weighted by Crippen LogP contribution is 2.26. The van der Waals surface area contributed by atoms with Crippen LogP contribution in [0.5, 0.6) is 11.5 Å². The summed E-state index contributed by atoms with van der Waals surface area (Å²) < 4.78 is 46.3. The zero-order chi connectivity index (χ0) is 18.4. The minimum absolute atomic E-state index is 0.129. The van der Waals surface area contributed by atoms with Gasteiger partial charge in [-0.15, -0.1) is 13.2 Å². The highest BCUT2D eigenvalue weighted by molar-refractivity contribution is 6.32. The summed E-state index contributed by atoms with van der Waals surface area (Å²) in [5.74, 6) is -0.505. The molecule has 25 heavy (non-hydrogen) atoms. The first kappa shape index (κ1) is 18.9. The molecule has 2 rings (SSSR count). The Labute approximate surface area is 147 Å². The van der Waals surface area contributed by atoms with Gasteiger partial charge >= 0.3 is 6.36 Å². The van der Waals surface area contributed by atoms with Gasteiger partial charge in [0.05, 0.1) is 5.02 Å². The molecule has 0 saturated heterocycles. The molecule has 8 heteroatoms. The van der Waals surface area contributed by atoms with Crippen molar-refractivity contribution < 1.29 is 27.4 Å². The molecule has 0 aliphatic carbocycles. The monoisotopic (exact) mass is 373 g/mol. The lowest BCUT2D eigenvalue weighted by molar-refractivity contribution is -0.274. The van der Waals surface area contributed by atoms with E-state index in [2.05, 4.69) is 10.1 Å². The van der Waals surface area contributed by atoms with E-state index in [1.807, 2.05) is 6.92 Å². The first-order valence-electron chi connectivity index (χ1n) is 7.24. The molecule has 0 aliphatic rings. The highest BCUT2D eigenvalue weighted by Gasteiger charge is 2.31. The van der Waals surface area contributed by atoms with Crippen LogP contribution in [0.3, 0.4) is 0 Å². The molecule has 0 saturated carbocycles. The number of amides is 1. The van der Waals surface area contributed by atoms with Crippen molar-refractivity contribution in [1.82, 2.24) is 5.32 Å². The molecule has 0 atom stereocenters. The molecule has 1 N–H and O–H groups in total. The normalized spacial score (nSPS) is 11.1. The average Bonchev–Trinajstić information content (AvgIpc) is 2.53. The van der Waals surface area contributed by atoms with Crippen molar-refractivity contribution >= 4 is 17.5 Å². The van der Waals surface area contributed by atoms with Gasteiger partial charge in [-0.1, -0.05) is 35.9 Å². The third-order valence-electron chi connectivity index (χ3n) is 3.12. The Balaban J connectivity index is 1.91. The Morgan fingerprint density at radius 3 is 2.60 bits per heavy atom. The minimum atomic E-state index is -4.80. The lowest BCUT2D eigenvalue weighted by atomic mass is 10.2. The van der Waals surface area contributed by atoms with Crippen LogP contribution in [0.15, 0.2) is 42.5 Å². The van der Waals surface area contributed by atoms with Gasteiger partial charge in [0, 0.05) is 12.1 Å². The van der Waals surface area contributed by atoms with Gasteiger partial charge in [0.15, 0.2) is 6.61 Å². The predicted molar refractivity (Wildman–Crippen MR) is 86.7 cm³/mol. The summed E-state index contributed by atoms with van der Waals surface area (Å²) in [6.45, 7) is 1.41. The smallest absolute Gasteiger partial charge is 0.482 e. The van der Waals surface area contributed by atoms with E-state index < -0.39 is 12.3 Å². The first-order chi connectivity index (χ1) is 11.7. The second-order valence-electron chi connectivity index (χ2n) is 5.15. The topological polar surface area (TPSA) is 47.6 Å². The maximum absolute atomic E-state index is 12.4. The van der Waals surface area contributed by atoms with Gasteiger partial charge in [0.2, 0.25) is 0 Å². The molecule has 134 valence electrons. The Bertz CT molecular complexity index is 750. The van der Waals surface area contributed by atoms with Crippen LogP contribution in [0.25, 0.3) is 0 Å². The summed E-state index contributed by atoms with van der Waals surface area (Å²) in [4.78, 5) is 11.8. The zero-order valence-corrected chi connectivity index (χ0v) is 13.9. The quantitative estimate of drug-likeness (QED) is 0.823. The maximum Gasteiger partial charge on any atom is 0.573 e. The van der Waals surface area contributed by atoms with Crippen molar-refractivity contribution in [2.24, 2.45) is 0 Å². The second kappa shape index (κ2) is 8.11. The fraction of sp³-hybridized carbons (Fsp3) is 0.235. The van der Waals surface area contributed by atoms with E-state index >= 15 is 0 Å². The standard InChI is InChI=1S/C17H15ClF3NO3/c1-11-6-7-13(18)15(8-11)24-10-16(23)22-9-12-4-2-3-5-14(12)25-17(19,20)21/h2-8H,9-10H2,1H3,(H,22,23). The van der Waals surface area contributed by atoms with Crippen LogP contribution >= 0.6 is 11.6 Å². The molecule has 1 amide bonds. The van der Waals surface area contributed by atoms with Gasteiger partial charge in [-0.3, -0.25) is 4.79 Å². The molecule has 0 spiro atoms. The van der Waals surface area contributed by atoms with Gasteiger partial charge in [-0.05, 0) is 30.7 Å². The molecule has 0 fully saturated rings. The number of alkyl halides is 3. The third-order valence-corrected chi connectivity index (χ3v) is 3.43. The summed E-state index contributed by atoms with van der Waals surface area (Å²) in [6, 6.07) is 10.7. The van der Waals surface area contributed by atoms with Crippen LogP contribution in [-0.4, -0.2) is 18.9 Å².